The van der Waals surface area contributed by atoms with Gasteiger partial charge in [-0.2, -0.15) is 4.98 Å². The number of rotatable bonds is 6. The molecule has 0 bridgehead atoms. The number of nitrogens with zero attached hydrogens (tertiary/aromatic N) is 3. The average molecular weight is 433 g/mol. The summed E-state index contributed by atoms with van der Waals surface area (Å²) in [5.41, 5.74) is 0.0911. The van der Waals surface area contributed by atoms with Crippen LogP contribution >= 0.6 is 11.6 Å². The van der Waals surface area contributed by atoms with Gasteiger partial charge < -0.3 is 25.2 Å². The second-order valence-electron chi connectivity index (χ2n) is 9.98. The van der Waals surface area contributed by atoms with E-state index < -0.39 is 17.6 Å². The first-order chi connectivity index (χ1) is 14.5. The number of fused-ring (bicyclic) bond motifs is 2. The van der Waals surface area contributed by atoms with E-state index in [1.165, 1.54) is 38.5 Å². The fourth-order valence-corrected chi connectivity index (χ4v) is 6.45. The Morgan fingerprint density at radius 2 is 1.87 bits per heavy atom. The lowest BCUT2D eigenvalue weighted by molar-refractivity contribution is -0.0300. The molecule has 0 amide bonds. The molecule has 0 aliphatic heterocycles. The summed E-state index contributed by atoms with van der Waals surface area (Å²) in [4.78, 5) is 9.02. The van der Waals surface area contributed by atoms with Gasteiger partial charge in [0.1, 0.15) is 17.6 Å². The Balaban J connectivity index is 1.36. The minimum Gasteiger partial charge on any atom is -0.396 e. The van der Waals surface area contributed by atoms with Crippen molar-refractivity contribution >= 4 is 28.5 Å². The summed E-state index contributed by atoms with van der Waals surface area (Å²) < 4.78 is 1.93. The molecular formula is C22H29ClN4O3. The van der Waals surface area contributed by atoms with Crippen LogP contribution in [-0.4, -0.2) is 54.7 Å². The fourth-order valence-electron chi connectivity index (χ4n) is 6.28. The minimum atomic E-state index is -0.936. The number of halogens is 1. The van der Waals surface area contributed by atoms with E-state index in [-0.39, 0.29) is 23.9 Å². The quantitative estimate of drug-likeness (QED) is 0.523. The second kappa shape index (κ2) is 6.79. The third-order valence-electron chi connectivity index (χ3n) is 8.63. The lowest BCUT2D eigenvalue weighted by Crippen LogP contribution is -2.42. The summed E-state index contributed by atoms with van der Waals surface area (Å²) in [5, 5.41) is 35.8. The van der Waals surface area contributed by atoms with Crippen molar-refractivity contribution in [2.24, 2.45) is 23.2 Å². The molecule has 0 spiro atoms. The van der Waals surface area contributed by atoms with E-state index in [0.29, 0.717) is 29.9 Å². The molecule has 4 N–H and O–H groups in total. The van der Waals surface area contributed by atoms with Crippen molar-refractivity contribution in [1.82, 2.24) is 14.5 Å². The lowest BCUT2D eigenvalue weighted by atomic mass is 9.68. The lowest BCUT2D eigenvalue weighted by Gasteiger charge is -2.43. The maximum absolute atomic E-state index is 10.7. The van der Waals surface area contributed by atoms with E-state index in [9.17, 15) is 15.3 Å². The van der Waals surface area contributed by atoms with Crippen molar-refractivity contribution in [3.05, 3.63) is 17.5 Å². The van der Waals surface area contributed by atoms with E-state index in [2.05, 4.69) is 15.3 Å². The Labute approximate surface area is 180 Å². The molecule has 4 saturated carbocycles. The Hall–Kier alpha value is -1.41. The van der Waals surface area contributed by atoms with Crippen LogP contribution in [0.5, 0.6) is 0 Å². The average Bonchev–Trinajstić information content (AvgIpc) is 3.16. The highest BCUT2D eigenvalue weighted by atomic mass is 35.5. The molecule has 0 aromatic carbocycles. The van der Waals surface area contributed by atoms with Crippen LogP contribution in [-0.2, 0) is 0 Å². The van der Waals surface area contributed by atoms with Gasteiger partial charge in [0.2, 0.25) is 5.28 Å². The number of hydrogen-bond acceptors (Lipinski definition) is 6. The summed E-state index contributed by atoms with van der Waals surface area (Å²) in [6, 6.07) is 2.08. The van der Waals surface area contributed by atoms with E-state index in [1.807, 2.05) is 16.8 Å². The summed E-state index contributed by atoms with van der Waals surface area (Å²) >= 11 is 6.34. The van der Waals surface area contributed by atoms with E-state index in [1.54, 1.807) is 0 Å². The first kappa shape index (κ1) is 19.3. The molecule has 2 heterocycles. The molecule has 4 aliphatic carbocycles. The van der Waals surface area contributed by atoms with Crippen LogP contribution in [0.4, 0.5) is 5.82 Å². The van der Waals surface area contributed by atoms with Gasteiger partial charge in [-0.15, -0.1) is 0 Å². The molecule has 4 fully saturated rings. The van der Waals surface area contributed by atoms with Gasteiger partial charge >= 0.3 is 0 Å². The number of anilines is 1. The molecule has 0 saturated heterocycles. The maximum Gasteiger partial charge on any atom is 0.226 e. The number of aliphatic hydroxyl groups excluding tert-OH is 3. The monoisotopic (exact) mass is 432 g/mol. The van der Waals surface area contributed by atoms with Gasteiger partial charge in [-0.1, -0.05) is 12.8 Å². The predicted molar refractivity (Wildman–Crippen MR) is 113 cm³/mol. The van der Waals surface area contributed by atoms with Crippen LogP contribution < -0.4 is 5.32 Å². The Morgan fingerprint density at radius 3 is 2.43 bits per heavy atom. The van der Waals surface area contributed by atoms with Crippen LogP contribution in [0.3, 0.4) is 0 Å². The van der Waals surface area contributed by atoms with Crippen LogP contribution in [0, 0.1) is 23.2 Å². The Kier molecular flexibility index (Phi) is 4.37. The molecule has 8 heteroatoms. The van der Waals surface area contributed by atoms with Crippen molar-refractivity contribution in [3.63, 3.8) is 0 Å². The van der Waals surface area contributed by atoms with Crippen molar-refractivity contribution < 1.29 is 15.3 Å². The van der Waals surface area contributed by atoms with E-state index in [0.717, 1.165) is 11.2 Å². The third kappa shape index (κ3) is 2.62. The van der Waals surface area contributed by atoms with Crippen molar-refractivity contribution in [1.29, 1.82) is 0 Å². The third-order valence-corrected chi connectivity index (χ3v) is 8.80. The van der Waals surface area contributed by atoms with Gasteiger partial charge in [-0.05, 0) is 67.5 Å². The molecule has 2 aromatic heterocycles. The summed E-state index contributed by atoms with van der Waals surface area (Å²) in [6.07, 6.45) is 8.46. The van der Waals surface area contributed by atoms with Gasteiger partial charge in [0.15, 0.2) is 0 Å². The highest BCUT2D eigenvalue weighted by molar-refractivity contribution is 6.28. The van der Waals surface area contributed by atoms with Gasteiger partial charge in [-0.3, -0.25) is 0 Å². The van der Waals surface area contributed by atoms with Crippen LogP contribution in [0.2, 0.25) is 5.28 Å². The summed E-state index contributed by atoms with van der Waals surface area (Å²) in [6.45, 7) is -0.113. The Morgan fingerprint density at radius 1 is 1.17 bits per heavy atom. The second-order valence-corrected chi connectivity index (χ2v) is 10.3. The normalized spacial score (nSPS) is 36.0. The molecule has 0 unspecified atom stereocenters. The van der Waals surface area contributed by atoms with Crippen LogP contribution in [0.15, 0.2) is 12.3 Å². The molecule has 4 aliphatic rings. The molecule has 30 heavy (non-hydrogen) atoms. The SMILES string of the molecule is OC[C@@]12C[C@@H]1[C@@H](n1ccc3c(NC(C4CCC4)C4CCC4)nc(Cl)nc31)[C@H](O)[C@@H]2O. The summed E-state index contributed by atoms with van der Waals surface area (Å²) in [5.74, 6) is 2.20. The van der Waals surface area contributed by atoms with Crippen molar-refractivity contribution in [2.45, 2.75) is 69.2 Å². The van der Waals surface area contributed by atoms with Gasteiger partial charge in [0.05, 0.1) is 24.1 Å². The number of aromatic nitrogens is 3. The van der Waals surface area contributed by atoms with Crippen LogP contribution in [0.1, 0.15) is 51.0 Å². The topological polar surface area (TPSA) is 103 Å². The number of aliphatic hydroxyl groups is 3. The smallest absolute Gasteiger partial charge is 0.226 e. The number of hydrogen-bond donors (Lipinski definition) is 4. The van der Waals surface area contributed by atoms with Crippen LogP contribution in [0.25, 0.3) is 11.0 Å². The Bertz CT molecular complexity index is 961. The zero-order valence-corrected chi connectivity index (χ0v) is 17.7. The molecule has 7 nitrogen and oxygen atoms in total. The highest BCUT2D eigenvalue weighted by Gasteiger charge is 2.71. The molecular weight excluding hydrogens is 404 g/mol. The van der Waals surface area contributed by atoms with Gasteiger partial charge in [0.25, 0.3) is 0 Å². The first-order valence-corrected chi connectivity index (χ1v) is 11.7. The molecule has 6 rings (SSSR count). The number of nitrogens with one attached hydrogen (secondary N) is 1. The zero-order chi connectivity index (χ0) is 20.6. The predicted octanol–water partition coefficient (Wildman–Crippen LogP) is 2.74. The first-order valence-electron chi connectivity index (χ1n) is 11.3. The molecule has 2 aromatic rings. The molecule has 0 radical (unpaired) electrons. The van der Waals surface area contributed by atoms with Gasteiger partial charge in [0, 0.05) is 17.7 Å². The fraction of sp³-hybridized carbons (Fsp3) is 0.727. The molecule has 5 atom stereocenters. The maximum atomic E-state index is 10.7. The van der Waals surface area contributed by atoms with E-state index in [4.69, 9.17) is 11.6 Å². The van der Waals surface area contributed by atoms with Gasteiger partial charge in [-0.25, -0.2) is 4.98 Å². The van der Waals surface area contributed by atoms with Crippen molar-refractivity contribution in [2.75, 3.05) is 11.9 Å². The van der Waals surface area contributed by atoms with E-state index >= 15 is 0 Å². The molecule has 162 valence electrons. The highest BCUT2D eigenvalue weighted by Crippen LogP contribution is 2.67. The van der Waals surface area contributed by atoms with Crippen molar-refractivity contribution in [3.8, 4) is 0 Å². The standard InChI is InChI=1S/C22H29ClN4O3/c23-21-25-19(24-15(11-3-1-4-11)12-5-2-6-12)13-7-8-27(20(13)26-21)16-14-9-22(14,10-28)18(30)17(16)29/h7-8,11-12,14-18,28-30H,1-6,9-10H2,(H,24,25,26)/t14-,16-,17+,18+,22+/m1/s1. The zero-order valence-electron chi connectivity index (χ0n) is 16.9. The minimum absolute atomic E-state index is 0.0333. The largest absolute Gasteiger partial charge is 0.396 e. The summed E-state index contributed by atoms with van der Waals surface area (Å²) in [7, 11) is 0.